The Hall–Kier alpha value is -2.88. The summed E-state index contributed by atoms with van der Waals surface area (Å²) in [4.78, 5) is 24.5. The Morgan fingerprint density at radius 1 is 1.04 bits per heavy atom. The molecule has 4 rings (SSSR count). The van der Waals surface area contributed by atoms with E-state index in [9.17, 15) is 9.59 Å². The summed E-state index contributed by atoms with van der Waals surface area (Å²) in [5, 5.41) is 0.915. The molecule has 4 nitrogen and oxygen atoms in total. The normalized spacial score (nSPS) is 16.9. The summed E-state index contributed by atoms with van der Waals surface area (Å²) in [5.41, 5.74) is 6.57. The number of fused-ring (bicyclic) bond motifs is 3. The molecule has 0 saturated heterocycles. The van der Waals surface area contributed by atoms with Crippen molar-refractivity contribution in [1.29, 1.82) is 0 Å². The predicted molar refractivity (Wildman–Crippen MR) is 93.8 cm³/mol. The molecule has 0 radical (unpaired) electrons. The maximum atomic E-state index is 12.9. The molecule has 0 saturated carbocycles. The zero-order valence-electron chi connectivity index (χ0n) is 13.5. The van der Waals surface area contributed by atoms with E-state index in [4.69, 9.17) is 0 Å². The first-order chi connectivity index (χ1) is 11.6. The van der Waals surface area contributed by atoms with Gasteiger partial charge in [-0.1, -0.05) is 48.5 Å². The summed E-state index contributed by atoms with van der Waals surface area (Å²) < 4.78 is 1.79. The van der Waals surface area contributed by atoms with E-state index in [0.29, 0.717) is 6.42 Å². The lowest BCUT2D eigenvalue weighted by molar-refractivity contribution is -0.115. The molecule has 1 N–H and O–H groups in total. The number of hydrogen-bond donors (Lipinski definition) is 1. The Labute approximate surface area is 140 Å². The maximum Gasteiger partial charge on any atom is 0.235 e. The molecule has 1 atom stereocenters. The quantitative estimate of drug-likeness (QED) is 0.784. The molecule has 2 aromatic carbocycles. The van der Waals surface area contributed by atoms with Crippen LogP contribution in [0.1, 0.15) is 40.9 Å². The predicted octanol–water partition coefficient (Wildman–Crippen LogP) is 3.64. The Balaban J connectivity index is 1.89. The Bertz CT molecular complexity index is 941. The van der Waals surface area contributed by atoms with Gasteiger partial charge in [-0.25, -0.2) is 0 Å². The zero-order chi connectivity index (χ0) is 16.7. The van der Waals surface area contributed by atoms with Gasteiger partial charge in [0.05, 0.1) is 11.2 Å². The molecule has 1 unspecified atom stereocenters. The van der Waals surface area contributed by atoms with Crippen LogP contribution in [0.2, 0.25) is 0 Å². The number of nitrogens with zero attached hydrogens (tertiary/aromatic N) is 1. The molecule has 1 amide bonds. The lowest BCUT2D eigenvalue weighted by Gasteiger charge is -2.23. The number of amides is 1. The second-order valence-electron chi connectivity index (χ2n) is 6.28. The molecule has 120 valence electrons. The van der Waals surface area contributed by atoms with Gasteiger partial charge in [-0.05, 0) is 24.0 Å². The van der Waals surface area contributed by atoms with Crippen LogP contribution in [0.25, 0.3) is 10.9 Å². The Morgan fingerprint density at radius 2 is 1.75 bits per heavy atom. The number of carbonyl (C=O) groups is 2. The highest BCUT2D eigenvalue weighted by Crippen LogP contribution is 2.37. The van der Waals surface area contributed by atoms with Crippen molar-refractivity contribution in [2.24, 2.45) is 0 Å². The molecule has 1 aliphatic carbocycles. The highest BCUT2D eigenvalue weighted by atomic mass is 16.2. The topological polar surface area (TPSA) is 51.1 Å². The number of para-hydroxylation sites is 1. The van der Waals surface area contributed by atoms with Crippen molar-refractivity contribution in [2.75, 3.05) is 5.43 Å². The largest absolute Gasteiger partial charge is 0.294 e. The van der Waals surface area contributed by atoms with Gasteiger partial charge in [-0.3, -0.25) is 19.7 Å². The van der Waals surface area contributed by atoms with Gasteiger partial charge in [-0.2, -0.15) is 0 Å². The van der Waals surface area contributed by atoms with Gasteiger partial charge in [0.15, 0.2) is 5.78 Å². The summed E-state index contributed by atoms with van der Waals surface area (Å²) in [6, 6.07) is 17.8. The Kier molecular flexibility index (Phi) is 3.45. The van der Waals surface area contributed by atoms with Gasteiger partial charge in [0.25, 0.3) is 0 Å². The highest BCUT2D eigenvalue weighted by Gasteiger charge is 2.32. The van der Waals surface area contributed by atoms with Crippen LogP contribution >= 0.6 is 0 Å². The van der Waals surface area contributed by atoms with E-state index < -0.39 is 0 Å². The summed E-state index contributed by atoms with van der Waals surface area (Å²) in [6.07, 6.45) is 1.24. The van der Waals surface area contributed by atoms with E-state index in [1.54, 1.807) is 4.68 Å². The molecule has 4 heteroatoms. The minimum Gasteiger partial charge on any atom is -0.294 e. The fourth-order valence-corrected chi connectivity index (χ4v) is 3.67. The van der Waals surface area contributed by atoms with E-state index in [1.807, 2.05) is 42.5 Å². The van der Waals surface area contributed by atoms with Crippen molar-refractivity contribution in [1.82, 2.24) is 4.68 Å². The summed E-state index contributed by atoms with van der Waals surface area (Å²) in [5.74, 6) is 0.140. The number of rotatable bonds is 2. The summed E-state index contributed by atoms with van der Waals surface area (Å²) in [6.45, 7) is 1.49. The van der Waals surface area contributed by atoms with Crippen LogP contribution in [0.4, 0.5) is 0 Å². The van der Waals surface area contributed by atoms with Gasteiger partial charge in [0.2, 0.25) is 5.91 Å². The van der Waals surface area contributed by atoms with Crippen LogP contribution in [-0.2, 0) is 11.2 Å². The first-order valence-corrected chi connectivity index (χ1v) is 8.13. The fraction of sp³-hybridized carbons (Fsp3) is 0.200. The number of benzene rings is 2. The third kappa shape index (κ3) is 2.31. The average molecular weight is 318 g/mol. The molecule has 0 fully saturated rings. The molecule has 1 aliphatic rings. The molecule has 1 heterocycles. The zero-order valence-corrected chi connectivity index (χ0v) is 13.5. The minimum atomic E-state index is -0.146. The van der Waals surface area contributed by atoms with E-state index >= 15 is 0 Å². The lowest BCUT2D eigenvalue weighted by atomic mass is 9.82. The van der Waals surface area contributed by atoms with Crippen LogP contribution in [0.5, 0.6) is 0 Å². The SMILES string of the molecule is CC(=O)Nn1c2c(c3ccccc31)C(=O)CC(c1ccccc1)C2. The molecular formula is C20H18N2O2. The molecule has 0 bridgehead atoms. The van der Waals surface area contributed by atoms with E-state index in [-0.39, 0.29) is 17.6 Å². The molecule has 24 heavy (non-hydrogen) atoms. The Morgan fingerprint density at radius 3 is 2.50 bits per heavy atom. The van der Waals surface area contributed by atoms with Crippen molar-refractivity contribution in [3.8, 4) is 0 Å². The fourth-order valence-electron chi connectivity index (χ4n) is 3.67. The lowest BCUT2D eigenvalue weighted by Crippen LogP contribution is -2.26. The third-order valence-corrected chi connectivity index (χ3v) is 4.66. The molecule has 1 aromatic heterocycles. The van der Waals surface area contributed by atoms with Crippen LogP contribution < -0.4 is 5.43 Å². The van der Waals surface area contributed by atoms with Crippen LogP contribution in [-0.4, -0.2) is 16.4 Å². The van der Waals surface area contributed by atoms with Gasteiger partial charge in [0.1, 0.15) is 0 Å². The van der Waals surface area contributed by atoms with Crippen LogP contribution in [0.15, 0.2) is 54.6 Å². The highest BCUT2D eigenvalue weighted by molar-refractivity contribution is 6.11. The van der Waals surface area contributed by atoms with E-state index in [0.717, 1.165) is 34.1 Å². The maximum absolute atomic E-state index is 12.9. The van der Waals surface area contributed by atoms with Gasteiger partial charge in [-0.15, -0.1) is 0 Å². The van der Waals surface area contributed by atoms with Gasteiger partial charge < -0.3 is 0 Å². The second-order valence-corrected chi connectivity index (χ2v) is 6.28. The third-order valence-electron chi connectivity index (χ3n) is 4.66. The van der Waals surface area contributed by atoms with E-state index in [2.05, 4.69) is 17.6 Å². The molecule has 3 aromatic rings. The second kappa shape index (κ2) is 5.64. The van der Waals surface area contributed by atoms with Gasteiger partial charge in [0, 0.05) is 24.3 Å². The summed E-state index contributed by atoms with van der Waals surface area (Å²) in [7, 11) is 0. The van der Waals surface area contributed by atoms with E-state index in [1.165, 1.54) is 6.92 Å². The smallest absolute Gasteiger partial charge is 0.235 e. The first-order valence-electron chi connectivity index (χ1n) is 8.13. The molecule has 0 spiro atoms. The number of carbonyl (C=O) groups excluding carboxylic acids is 2. The standard InChI is InChI=1S/C20H18N2O2/c1-13(23)21-22-17-10-6-5-9-16(17)20-18(22)11-15(12-19(20)24)14-7-3-2-4-8-14/h2-10,15H,11-12H2,1H3,(H,21,23). The number of ketones is 1. The number of hydrogen-bond acceptors (Lipinski definition) is 2. The van der Waals surface area contributed by atoms with Crippen molar-refractivity contribution in [2.45, 2.75) is 25.7 Å². The van der Waals surface area contributed by atoms with Crippen molar-refractivity contribution >= 4 is 22.6 Å². The summed E-state index contributed by atoms with van der Waals surface area (Å²) >= 11 is 0. The number of nitrogens with one attached hydrogen (secondary N) is 1. The van der Waals surface area contributed by atoms with Crippen molar-refractivity contribution < 1.29 is 9.59 Å². The number of Topliss-reactive ketones (excluding diaryl/α,β-unsaturated/α-hetero) is 1. The minimum absolute atomic E-state index is 0.142. The first kappa shape index (κ1) is 14.7. The van der Waals surface area contributed by atoms with Crippen molar-refractivity contribution in [3.05, 3.63) is 71.4 Å². The van der Waals surface area contributed by atoms with Crippen molar-refractivity contribution in [3.63, 3.8) is 0 Å². The number of aromatic nitrogens is 1. The van der Waals surface area contributed by atoms with Crippen LogP contribution in [0.3, 0.4) is 0 Å². The monoisotopic (exact) mass is 318 g/mol. The molecule has 0 aliphatic heterocycles. The van der Waals surface area contributed by atoms with Crippen LogP contribution in [0, 0.1) is 0 Å². The molecular weight excluding hydrogens is 300 g/mol. The van der Waals surface area contributed by atoms with Gasteiger partial charge >= 0.3 is 0 Å². The average Bonchev–Trinajstić information content (AvgIpc) is 2.90.